The highest BCUT2D eigenvalue weighted by molar-refractivity contribution is 6.30. The van der Waals surface area contributed by atoms with Crippen LogP contribution in [0.5, 0.6) is 11.5 Å². The Morgan fingerprint density at radius 3 is 2.52 bits per heavy atom. The summed E-state index contributed by atoms with van der Waals surface area (Å²) in [6.07, 6.45) is 3.30. The van der Waals surface area contributed by atoms with E-state index in [-0.39, 0.29) is 6.04 Å². The maximum atomic E-state index is 6.37. The molecule has 0 saturated carbocycles. The first-order chi connectivity index (χ1) is 15.3. The summed E-state index contributed by atoms with van der Waals surface area (Å²) < 4.78 is 8.44. The Bertz CT molecular complexity index is 1150. The van der Waals surface area contributed by atoms with E-state index in [0.717, 1.165) is 42.6 Å². The second kappa shape index (κ2) is 9.01. The molecule has 1 aliphatic rings. The first kappa shape index (κ1) is 19.9. The maximum Gasteiger partial charge on any atom is 0.127 e. The number of ether oxygens (including phenoxy) is 1. The molecule has 0 radical (unpaired) electrons. The largest absolute Gasteiger partial charge is 0.457 e. The normalized spacial score (nSPS) is 16.5. The summed E-state index contributed by atoms with van der Waals surface area (Å²) in [6, 6.07) is 31.1. The molecule has 0 amide bonds. The molecular formula is C27H25ClN2O. The van der Waals surface area contributed by atoms with Gasteiger partial charge in [0, 0.05) is 36.5 Å². The summed E-state index contributed by atoms with van der Waals surface area (Å²) in [4.78, 5) is 2.55. The fourth-order valence-corrected chi connectivity index (χ4v) is 4.63. The second-order valence-corrected chi connectivity index (χ2v) is 8.41. The van der Waals surface area contributed by atoms with Gasteiger partial charge in [0.1, 0.15) is 11.5 Å². The van der Waals surface area contributed by atoms with Gasteiger partial charge in [0.2, 0.25) is 0 Å². The molecule has 5 rings (SSSR count). The Morgan fingerprint density at radius 1 is 0.806 bits per heavy atom. The van der Waals surface area contributed by atoms with E-state index < -0.39 is 0 Å². The van der Waals surface area contributed by atoms with Crippen molar-refractivity contribution in [2.45, 2.75) is 25.6 Å². The zero-order chi connectivity index (χ0) is 21.0. The second-order valence-electron chi connectivity index (χ2n) is 7.97. The van der Waals surface area contributed by atoms with Gasteiger partial charge in [-0.2, -0.15) is 0 Å². The van der Waals surface area contributed by atoms with Crippen LogP contribution in [0.1, 0.15) is 29.3 Å². The maximum absolute atomic E-state index is 6.37. The molecule has 0 aliphatic carbocycles. The van der Waals surface area contributed by atoms with E-state index in [2.05, 4.69) is 58.1 Å². The fourth-order valence-electron chi connectivity index (χ4n) is 4.43. The van der Waals surface area contributed by atoms with E-state index >= 15 is 0 Å². The van der Waals surface area contributed by atoms with E-state index in [1.807, 2.05) is 48.5 Å². The van der Waals surface area contributed by atoms with Gasteiger partial charge in [-0.3, -0.25) is 4.90 Å². The Balaban J connectivity index is 1.45. The molecule has 1 aliphatic heterocycles. The Labute approximate surface area is 188 Å². The summed E-state index contributed by atoms with van der Waals surface area (Å²) in [5.41, 5.74) is 3.78. The lowest BCUT2D eigenvalue weighted by Crippen LogP contribution is -2.29. The van der Waals surface area contributed by atoms with Gasteiger partial charge in [0.05, 0.1) is 6.04 Å². The molecule has 0 unspecified atom stereocenters. The highest BCUT2D eigenvalue weighted by Crippen LogP contribution is 2.34. The number of fused-ring (bicyclic) bond motifs is 1. The highest BCUT2D eigenvalue weighted by atomic mass is 35.5. The van der Waals surface area contributed by atoms with Crippen LogP contribution < -0.4 is 4.74 Å². The van der Waals surface area contributed by atoms with Crippen LogP contribution in [-0.2, 0) is 13.1 Å². The standard InChI is InChI=1S/C27H25ClN2O/c28-23-10-5-9-22(19-23)27-26-14-6-15-29(26)16-7-17-30(27)20-21-8-4-13-25(18-21)31-24-11-2-1-3-12-24/h1-6,8-15,18-19,27H,7,16-17,20H2/t27-/m1/s1. The van der Waals surface area contributed by atoms with Crippen molar-refractivity contribution < 1.29 is 4.74 Å². The third kappa shape index (κ3) is 4.53. The number of hydrogen-bond donors (Lipinski definition) is 0. The number of nitrogens with zero attached hydrogens (tertiary/aromatic N) is 2. The van der Waals surface area contributed by atoms with Crippen LogP contribution >= 0.6 is 11.6 Å². The van der Waals surface area contributed by atoms with Crippen molar-refractivity contribution in [3.8, 4) is 11.5 Å². The predicted octanol–water partition coefficient (Wildman–Crippen LogP) is 6.93. The zero-order valence-corrected chi connectivity index (χ0v) is 18.1. The topological polar surface area (TPSA) is 17.4 Å². The third-order valence-corrected chi connectivity index (χ3v) is 6.02. The van der Waals surface area contributed by atoms with Crippen LogP contribution in [0.4, 0.5) is 0 Å². The lowest BCUT2D eigenvalue weighted by Gasteiger charge is -2.31. The molecule has 31 heavy (non-hydrogen) atoms. The van der Waals surface area contributed by atoms with Crippen LogP contribution in [0.15, 0.2) is 97.2 Å². The molecule has 0 fully saturated rings. The van der Waals surface area contributed by atoms with Gasteiger partial charge in [0.25, 0.3) is 0 Å². The molecule has 1 aromatic heterocycles. The number of aromatic nitrogens is 1. The Morgan fingerprint density at radius 2 is 1.65 bits per heavy atom. The molecule has 0 saturated heterocycles. The smallest absolute Gasteiger partial charge is 0.127 e. The van der Waals surface area contributed by atoms with E-state index in [0.29, 0.717) is 0 Å². The number of aryl methyl sites for hydroxylation is 1. The molecule has 3 nitrogen and oxygen atoms in total. The molecule has 4 aromatic rings. The first-order valence-electron chi connectivity index (χ1n) is 10.7. The van der Waals surface area contributed by atoms with E-state index in [1.54, 1.807) is 0 Å². The molecule has 4 heteroatoms. The molecule has 1 atom stereocenters. The van der Waals surface area contributed by atoms with Crippen LogP contribution in [-0.4, -0.2) is 16.0 Å². The monoisotopic (exact) mass is 428 g/mol. The van der Waals surface area contributed by atoms with Gasteiger partial charge in [-0.1, -0.05) is 54.1 Å². The van der Waals surface area contributed by atoms with Gasteiger partial charge in [-0.05, 0) is 66.1 Å². The summed E-state index contributed by atoms with van der Waals surface area (Å²) >= 11 is 6.37. The predicted molar refractivity (Wildman–Crippen MR) is 126 cm³/mol. The number of benzene rings is 3. The zero-order valence-electron chi connectivity index (χ0n) is 17.3. The first-order valence-corrected chi connectivity index (χ1v) is 11.1. The molecule has 3 aromatic carbocycles. The minimum Gasteiger partial charge on any atom is -0.457 e. The van der Waals surface area contributed by atoms with Crippen LogP contribution in [0.3, 0.4) is 0 Å². The molecule has 156 valence electrons. The molecule has 0 bridgehead atoms. The van der Waals surface area contributed by atoms with Crippen molar-refractivity contribution in [2.75, 3.05) is 6.54 Å². The minimum atomic E-state index is 0.162. The molecule has 2 heterocycles. The van der Waals surface area contributed by atoms with Crippen molar-refractivity contribution in [3.05, 3.63) is 119 Å². The van der Waals surface area contributed by atoms with Crippen molar-refractivity contribution in [1.82, 2.24) is 9.47 Å². The highest BCUT2D eigenvalue weighted by Gasteiger charge is 2.27. The number of halogens is 1. The van der Waals surface area contributed by atoms with E-state index in [4.69, 9.17) is 16.3 Å². The summed E-state index contributed by atoms with van der Waals surface area (Å²) in [6.45, 7) is 2.89. The lowest BCUT2D eigenvalue weighted by molar-refractivity contribution is 0.220. The molecule has 0 N–H and O–H groups in total. The quantitative estimate of drug-likeness (QED) is 0.343. The average molecular weight is 429 g/mol. The van der Waals surface area contributed by atoms with Crippen molar-refractivity contribution >= 4 is 11.6 Å². The van der Waals surface area contributed by atoms with Gasteiger partial charge in [-0.15, -0.1) is 0 Å². The number of hydrogen-bond acceptors (Lipinski definition) is 2. The van der Waals surface area contributed by atoms with Crippen molar-refractivity contribution in [3.63, 3.8) is 0 Å². The average Bonchev–Trinajstić information content (AvgIpc) is 3.16. The third-order valence-electron chi connectivity index (χ3n) is 5.78. The van der Waals surface area contributed by atoms with Gasteiger partial charge < -0.3 is 9.30 Å². The molecular weight excluding hydrogens is 404 g/mol. The number of rotatable bonds is 5. The van der Waals surface area contributed by atoms with Crippen molar-refractivity contribution in [1.29, 1.82) is 0 Å². The van der Waals surface area contributed by atoms with E-state index in [1.165, 1.54) is 16.8 Å². The molecule has 0 spiro atoms. The van der Waals surface area contributed by atoms with Crippen LogP contribution in [0.2, 0.25) is 5.02 Å². The van der Waals surface area contributed by atoms with Gasteiger partial charge in [-0.25, -0.2) is 0 Å². The van der Waals surface area contributed by atoms with Gasteiger partial charge in [0.15, 0.2) is 0 Å². The fraction of sp³-hybridized carbons (Fsp3) is 0.185. The SMILES string of the molecule is Clc1cccc([C@@H]2c3cccn3CCCN2Cc2cccc(Oc3ccccc3)c2)c1. The summed E-state index contributed by atoms with van der Waals surface area (Å²) in [5.74, 6) is 1.71. The summed E-state index contributed by atoms with van der Waals surface area (Å²) in [5, 5.41) is 0.776. The Kier molecular flexibility index (Phi) is 5.79. The minimum absolute atomic E-state index is 0.162. The van der Waals surface area contributed by atoms with E-state index in [9.17, 15) is 0 Å². The van der Waals surface area contributed by atoms with Crippen LogP contribution in [0, 0.1) is 0 Å². The number of para-hydroxylation sites is 1. The summed E-state index contributed by atoms with van der Waals surface area (Å²) in [7, 11) is 0. The van der Waals surface area contributed by atoms with Gasteiger partial charge >= 0.3 is 0 Å². The van der Waals surface area contributed by atoms with Crippen molar-refractivity contribution in [2.24, 2.45) is 0 Å². The van der Waals surface area contributed by atoms with Crippen LogP contribution in [0.25, 0.3) is 0 Å². The Hall–Kier alpha value is -3.01. The lowest BCUT2D eigenvalue weighted by atomic mass is 10.0.